The second-order valence-electron chi connectivity index (χ2n) is 5.05. The summed E-state index contributed by atoms with van der Waals surface area (Å²) in [5.74, 6) is 0.220. The van der Waals surface area contributed by atoms with E-state index in [0.717, 1.165) is 38.0 Å². The first-order chi connectivity index (χ1) is 9.34. The highest BCUT2D eigenvalue weighted by atomic mass is 16.2. The van der Waals surface area contributed by atoms with E-state index >= 15 is 0 Å². The summed E-state index contributed by atoms with van der Waals surface area (Å²) >= 11 is 0. The average Bonchev–Trinajstić information content (AvgIpc) is 3.08. The number of likely N-dealkylation sites (tertiary alicyclic amines) is 1. The van der Waals surface area contributed by atoms with Crippen LogP contribution < -0.4 is 5.32 Å². The van der Waals surface area contributed by atoms with Gasteiger partial charge in [-0.3, -0.25) is 4.79 Å². The lowest BCUT2D eigenvalue weighted by atomic mass is 10.2. The fraction of sp³-hybridized carbons (Fsp3) is 0.400. The van der Waals surface area contributed by atoms with Crippen LogP contribution in [0.2, 0.25) is 0 Å². The summed E-state index contributed by atoms with van der Waals surface area (Å²) in [7, 11) is 0. The van der Waals surface area contributed by atoms with Crippen LogP contribution in [0, 0.1) is 0 Å². The molecule has 4 nitrogen and oxygen atoms in total. The molecule has 1 saturated heterocycles. The lowest BCUT2D eigenvalue weighted by molar-refractivity contribution is -0.129. The van der Waals surface area contributed by atoms with E-state index in [0.29, 0.717) is 6.54 Å². The number of H-pyrrole nitrogens is 1. The Morgan fingerprint density at radius 1 is 1.26 bits per heavy atom. The molecule has 0 atom stereocenters. The number of carbonyl (C=O) groups excluding carboxylic acids is 1. The van der Waals surface area contributed by atoms with Crippen LogP contribution in [0.4, 0.5) is 0 Å². The molecule has 0 aliphatic carbocycles. The molecular formula is C15H19N3O. The first-order valence-electron chi connectivity index (χ1n) is 6.88. The molecule has 2 aromatic rings. The van der Waals surface area contributed by atoms with Crippen molar-refractivity contribution in [2.24, 2.45) is 0 Å². The zero-order valence-electron chi connectivity index (χ0n) is 11.0. The summed E-state index contributed by atoms with van der Waals surface area (Å²) in [4.78, 5) is 17.1. The molecule has 0 spiro atoms. The highest BCUT2D eigenvalue weighted by Crippen LogP contribution is 2.17. The van der Waals surface area contributed by atoms with Crippen LogP contribution in [-0.2, 0) is 11.3 Å². The molecule has 19 heavy (non-hydrogen) atoms. The van der Waals surface area contributed by atoms with Crippen LogP contribution in [0.1, 0.15) is 18.4 Å². The van der Waals surface area contributed by atoms with E-state index in [1.165, 1.54) is 10.9 Å². The Morgan fingerprint density at radius 3 is 2.89 bits per heavy atom. The zero-order chi connectivity index (χ0) is 13.1. The molecule has 0 radical (unpaired) electrons. The number of benzene rings is 1. The Morgan fingerprint density at radius 2 is 2.05 bits per heavy atom. The van der Waals surface area contributed by atoms with Crippen molar-refractivity contribution in [1.82, 2.24) is 15.2 Å². The minimum Gasteiger partial charge on any atom is -0.361 e. The summed E-state index contributed by atoms with van der Waals surface area (Å²) in [5, 5.41) is 4.47. The van der Waals surface area contributed by atoms with E-state index in [1.54, 1.807) is 0 Å². The van der Waals surface area contributed by atoms with Crippen LogP contribution >= 0.6 is 0 Å². The van der Waals surface area contributed by atoms with Crippen molar-refractivity contribution in [3.8, 4) is 0 Å². The molecule has 1 aliphatic heterocycles. The van der Waals surface area contributed by atoms with Gasteiger partial charge >= 0.3 is 0 Å². The van der Waals surface area contributed by atoms with Crippen LogP contribution in [0.5, 0.6) is 0 Å². The lowest BCUT2D eigenvalue weighted by Crippen LogP contribution is -2.35. The number of hydrogen-bond acceptors (Lipinski definition) is 2. The number of rotatable bonds is 4. The maximum Gasteiger partial charge on any atom is 0.236 e. The topological polar surface area (TPSA) is 48.1 Å². The van der Waals surface area contributed by atoms with Gasteiger partial charge in [-0.25, -0.2) is 0 Å². The standard InChI is InChI=1S/C15H19N3O/c19-15(18-7-3-4-8-18)11-16-9-12-10-17-14-6-2-1-5-13(12)14/h1-2,5-6,10,16-17H,3-4,7-9,11H2. The Labute approximate surface area is 112 Å². The Hall–Kier alpha value is -1.81. The van der Waals surface area contributed by atoms with E-state index in [1.807, 2.05) is 23.2 Å². The number of hydrogen-bond donors (Lipinski definition) is 2. The first kappa shape index (κ1) is 12.2. The Balaban J connectivity index is 1.56. The molecular weight excluding hydrogens is 238 g/mol. The molecule has 2 heterocycles. The fourth-order valence-electron chi connectivity index (χ4n) is 2.66. The quantitative estimate of drug-likeness (QED) is 0.878. The molecule has 0 unspecified atom stereocenters. The number of aromatic nitrogens is 1. The van der Waals surface area contributed by atoms with Gasteiger partial charge in [0.05, 0.1) is 6.54 Å². The summed E-state index contributed by atoms with van der Waals surface area (Å²) in [5.41, 5.74) is 2.36. The third-order valence-corrected chi connectivity index (χ3v) is 3.73. The molecule has 0 bridgehead atoms. The molecule has 4 heteroatoms. The highest BCUT2D eigenvalue weighted by molar-refractivity contribution is 5.83. The van der Waals surface area contributed by atoms with Gasteiger partial charge in [0.2, 0.25) is 5.91 Å². The van der Waals surface area contributed by atoms with Crippen LogP contribution in [-0.4, -0.2) is 35.4 Å². The second kappa shape index (κ2) is 5.45. The molecule has 1 aromatic heterocycles. The third kappa shape index (κ3) is 2.63. The fourth-order valence-corrected chi connectivity index (χ4v) is 2.66. The van der Waals surface area contributed by atoms with E-state index < -0.39 is 0 Å². The molecule has 1 aromatic carbocycles. The van der Waals surface area contributed by atoms with Gasteiger partial charge in [-0.2, -0.15) is 0 Å². The van der Waals surface area contributed by atoms with Crippen LogP contribution in [0.15, 0.2) is 30.5 Å². The monoisotopic (exact) mass is 257 g/mol. The zero-order valence-corrected chi connectivity index (χ0v) is 11.0. The van der Waals surface area contributed by atoms with Crippen LogP contribution in [0.25, 0.3) is 10.9 Å². The normalized spacial score (nSPS) is 15.3. The van der Waals surface area contributed by atoms with Gasteiger partial charge in [0.15, 0.2) is 0 Å². The number of amides is 1. The van der Waals surface area contributed by atoms with Crippen LogP contribution in [0.3, 0.4) is 0 Å². The molecule has 0 saturated carbocycles. The van der Waals surface area contributed by atoms with Crippen molar-refractivity contribution in [2.45, 2.75) is 19.4 Å². The number of para-hydroxylation sites is 1. The number of fused-ring (bicyclic) bond motifs is 1. The maximum absolute atomic E-state index is 11.9. The SMILES string of the molecule is O=C(CNCc1c[nH]c2ccccc12)N1CCCC1. The molecule has 1 aliphatic rings. The van der Waals surface area contributed by atoms with Crippen molar-refractivity contribution in [1.29, 1.82) is 0 Å². The minimum absolute atomic E-state index is 0.220. The number of carbonyl (C=O) groups is 1. The average molecular weight is 257 g/mol. The Bertz CT molecular complexity index is 570. The highest BCUT2D eigenvalue weighted by Gasteiger charge is 2.17. The van der Waals surface area contributed by atoms with E-state index in [2.05, 4.69) is 22.4 Å². The van der Waals surface area contributed by atoms with Gasteiger partial charge < -0.3 is 15.2 Å². The second-order valence-corrected chi connectivity index (χ2v) is 5.05. The number of nitrogens with zero attached hydrogens (tertiary/aromatic N) is 1. The summed E-state index contributed by atoms with van der Waals surface area (Å²) < 4.78 is 0. The minimum atomic E-state index is 0.220. The van der Waals surface area contributed by atoms with Crippen molar-refractivity contribution in [3.63, 3.8) is 0 Å². The first-order valence-corrected chi connectivity index (χ1v) is 6.88. The summed E-state index contributed by atoms with van der Waals surface area (Å²) in [6.07, 6.45) is 4.31. The Kier molecular flexibility index (Phi) is 3.51. The number of aromatic amines is 1. The van der Waals surface area contributed by atoms with Gasteiger partial charge in [-0.1, -0.05) is 18.2 Å². The molecule has 2 N–H and O–H groups in total. The van der Waals surface area contributed by atoms with Gasteiger partial charge in [0.1, 0.15) is 0 Å². The molecule has 3 rings (SSSR count). The molecule has 1 amide bonds. The lowest BCUT2D eigenvalue weighted by Gasteiger charge is -2.15. The summed E-state index contributed by atoms with van der Waals surface area (Å²) in [6.45, 7) is 3.00. The molecule has 1 fully saturated rings. The maximum atomic E-state index is 11.9. The molecule has 100 valence electrons. The van der Waals surface area contributed by atoms with Gasteiger partial charge in [0, 0.05) is 36.7 Å². The van der Waals surface area contributed by atoms with E-state index in [-0.39, 0.29) is 5.91 Å². The van der Waals surface area contributed by atoms with E-state index in [9.17, 15) is 4.79 Å². The van der Waals surface area contributed by atoms with Crippen molar-refractivity contribution < 1.29 is 4.79 Å². The summed E-state index contributed by atoms with van der Waals surface area (Å²) in [6, 6.07) is 8.22. The van der Waals surface area contributed by atoms with Crippen molar-refractivity contribution in [2.75, 3.05) is 19.6 Å². The van der Waals surface area contributed by atoms with Gasteiger partial charge in [-0.15, -0.1) is 0 Å². The predicted molar refractivity (Wildman–Crippen MR) is 75.8 cm³/mol. The third-order valence-electron chi connectivity index (χ3n) is 3.73. The van der Waals surface area contributed by atoms with Crippen molar-refractivity contribution >= 4 is 16.8 Å². The largest absolute Gasteiger partial charge is 0.361 e. The van der Waals surface area contributed by atoms with Crippen molar-refractivity contribution in [3.05, 3.63) is 36.0 Å². The predicted octanol–water partition coefficient (Wildman–Crippen LogP) is 1.88. The number of nitrogens with one attached hydrogen (secondary N) is 2. The smallest absolute Gasteiger partial charge is 0.236 e. The van der Waals surface area contributed by atoms with Gasteiger partial charge in [-0.05, 0) is 24.5 Å². The van der Waals surface area contributed by atoms with Gasteiger partial charge in [0.25, 0.3) is 0 Å². The van der Waals surface area contributed by atoms with E-state index in [4.69, 9.17) is 0 Å².